The standard InChI is InChI=1S/C19H22N6O6S2/c20-19(21)23-12-5-3-11(4-6-12)14-8-13(31-24-14)9-16(26)22-10-15(18(27)28)25-33(29,30)17-2-1-7-32-17/h1-7,13,15,25H,8-10H2,(H,22,26)(H,27,28)(H4,20,21,23)/t13-,15+/m1/s1. The predicted octanol–water partition coefficient (Wildman–Crippen LogP) is 0.0840. The quantitative estimate of drug-likeness (QED) is 0.226. The second-order valence-corrected chi connectivity index (χ2v) is 9.89. The van der Waals surface area contributed by atoms with Gasteiger partial charge in [-0.15, -0.1) is 11.3 Å². The molecule has 2 atom stereocenters. The highest BCUT2D eigenvalue weighted by molar-refractivity contribution is 7.91. The molecule has 0 radical (unpaired) electrons. The first-order valence-corrected chi connectivity index (χ1v) is 12.0. The summed E-state index contributed by atoms with van der Waals surface area (Å²) in [4.78, 5) is 32.9. The number of nitrogens with zero attached hydrogens (tertiary/aromatic N) is 2. The molecule has 2 heterocycles. The number of guanidine groups is 1. The molecule has 0 saturated heterocycles. The minimum absolute atomic E-state index is 0.0181. The van der Waals surface area contributed by atoms with Gasteiger partial charge in [-0.3, -0.25) is 9.59 Å². The average Bonchev–Trinajstić information content (AvgIpc) is 3.44. The van der Waals surface area contributed by atoms with Crippen molar-refractivity contribution in [1.82, 2.24) is 10.0 Å². The number of carbonyl (C=O) groups is 2. The van der Waals surface area contributed by atoms with E-state index >= 15 is 0 Å². The molecule has 12 nitrogen and oxygen atoms in total. The molecule has 7 N–H and O–H groups in total. The van der Waals surface area contributed by atoms with Crippen LogP contribution in [0, 0.1) is 0 Å². The van der Waals surface area contributed by atoms with Crippen molar-refractivity contribution in [2.45, 2.75) is 29.2 Å². The van der Waals surface area contributed by atoms with Gasteiger partial charge in [-0.1, -0.05) is 23.4 Å². The molecule has 1 aliphatic heterocycles. The van der Waals surface area contributed by atoms with Gasteiger partial charge in [0.2, 0.25) is 5.91 Å². The fraction of sp³-hybridized carbons (Fsp3) is 0.263. The average molecular weight is 495 g/mol. The lowest BCUT2D eigenvalue weighted by atomic mass is 10.0. The van der Waals surface area contributed by atoms with E-state index in [0.29, 0.717) is 17.8 Å². The predicted molar refractivity (Wildman–Crippen MR) is 122 cm³/mol. The zero-order valence-electron chi connectivity index (χ0n) is 17.2. The van der Waals surface area contributed by atoms with Crippen molar-refractivity contribution in [2.24, 2.45) is 21.6 Å². The van der Waals surface area contributed by atoms with E-state index in [1.807, 2.05) is 0 Å². The second-order valence-electron chi connectivity index (χ2n) is 7.01. The van der Waals surface area contributed by atoms with E-state index in [4.69, 9.17) is 16.3 Å². The Kier molecular flexibility index (Phi) is 7.63. The Hall–Kier alpha value is -3.49. The van der Waals surface area contributed by atoms with Crippen molar-refractivity contribution >= 4 is 50.6 Å². The van der Waals surface area contributed by atoms with Crippen LogP contribution in [0.2, 0.25) is 0 Å². The lowest BCUT2D eigenvalue weighted by molar-refractivity contribution is -0.138. The number of aliphatic carboxylic acids is 1. The van der Waals surface area contributed by atoms with Crippen molar-refractivity contribution in [3.05, 3.63) is 47.3 Å². The SMILES string of the molecule is NC(N)=Nc1ccc(C2=NO[C@@H](CC(=O)NC[C@H](NS(=O)(=O)c3cccs3)C(=O)O)C2)cc1. The Morgan fingerprint density at radius 1 is 1.27 bits per heavy atom. The molecule has 14 heteroatoms. The number of amides is 1. The number of hydrogen-bond donors (Lipinski definition) is 5. The van der Waals surface area contributed by atoms with Gasteiger partial charge in [0.1, 0.15) is 16.4 Å². The number of carboxylic acid groups (broad SMARTS) is 1. The maximum Gasteiger partial charge on any atom is 0.323 e. The van der Waals surface area contributed by atoms with Crippen molar-refractivity contribution < 1.29 is 28.0 Å². The van der Waals surface area contributed by atoms with Crippen LogP contribution >= 0.6 is 11.3 Å². The molecule has 2 aromatic rings. The fourth-order valence-electron chi connectivity index (χ4n) is 2.92. The number of thiophene rings is 1. The van der Waals surface area contributed by atoms with Gasteiger partial charge >= 0.3 is 5.97 Å². The van der Waals surface area contributed by atoms with Crippen LogP contribution in [-0.4, -0.2) is 55.8 Å². The van der Waals surface area contributed by atoms with E-state index in [1.165, 1.54) is 12.1 Å². The smallest absolute Gasteiger partial charge is 0.323 e. The zero-order chi connectivity index (χ0) is 24.0. The zero-order valence-corrected chi connectivity index (χ0v) is 18.8. The molecular formula is C19H22N6O6S2. The van der Waals surface area contributed by atoms with Gasteiger partial charge in [-0.25, -0.2) is 13.4 Å². The number of nitrogens with one attached hydrogen (secondary N) is 2. The number of carboxylic acids is 1. The summed E-state index contributed by atoms with van der Waals surface area (Å²) >= 11 is 0.953. The first kappa shape index (κ1) is 24.2. The number of nitrogens with two attached hydrogens (primary N) is 2. The summed E-state index contributed by atoms with van der Waals surface area (Å²) in [5.74, 6) is -1.97. The summed E-state index contributed by atoms with van der Waals surface area (Å²) in [6.07, 6.45) is -0.255. The van der Waals surface area contributed by atoms with Crippen LogP contribution in [0.5, 0.6) is 0 Å². The largest absolute Gasteiger partial charge is 0.480 e. The number of hydrogen-bond acceptors (Lipinski definition) is 8. The van der Waals surface area contributed by atoms with Crippen LogP contribution in [0.4, 0.5) is 5.69 Å². The first-order chi connectivity index (χ1) is 15.6. The van der Waals surface area contributed by atoms with Gasteiger partial charge in [0.25, 0.3) is 10.0 Å². The van der Waals surface area contributed by atoms with Crippen LogP contribution in [-0.2, 0) is 24.4 Å². The van der Waals surface area contributed by atoms with Gasteiger partial charge in [0.05, 0.1) is 17.8 Å². The summed E-state index contributed by atoms with van der Waals surface area (Å²) in [5.41, 5.74) is 12.7. The summed E-state index contributed by atoms with van der Waals surface area (Å²) in [7, 11) is -4.01. The van der Waals surface area contributed by atoms with Crippen molar-refractivity contribution in [2.75, 3.05) is 6.54 Å². The lowest BCUT2D eigenvalue weighted by Crippen LogP contribution is -2.48. The highest BCUT2D eigenvalue weighted by Gasteiger charge is 2.28. The van der Waals surface area contributed by atoms with Crippen molar-refractivity contribution in [3.8, 4) is 0 Å². The number of rotatable bonds is 10. The van der Waals surface area contributed by atoms with Crippen LogP contribution in [0.1, 0.15) is 18.4 Å². The third-order valence-electron chi connectivity index (χ3n) is 4.46. The molecule has 0 aliphatic carbocycles. The van der Waals surface area contributed by atoms with Gasteiger partial charge in [-0.05, 0) is 29.1 Å². The molecule has 0 bridgehead atoms. The number of carbonyl (C=O) groups excluding carboxylic acids is 1. The van der Waals surface area contributed by atoms with Crippen molar-refractivity contribution in [3.63, 3.8) is 0 Å². The molecule has 1 aliphatic rings. The number of aliphatic imine (C=N–C) groups is 1. The van der Waals surface area contributed by atoms with Gasteiger partial charge in [-0.2, -0.15) is 4.72 Å². The Labute approximate surface area is 193 Å². The van der Waals surface area contributed by atoms with Crippen LogP contribution in [0.3, 0.4) is 0 Å². The maximum absolute atomic E-state index is 12.3. The van der Waals surface area contributed by atoms with Gasteiger partial charge in [0, 0.05) is 13.0 Å². The first-order valence-electron chi connectivity index (χ1n) is 9.62. The number of benzene rings is 1. The minimum Gasteiger partial charge on any atom is -0.480 e. The fourth-order valence-corrected chi connectivity index (χ4v) is 5.12. The molecule has 1 aromatic heterocycles. The third-order valence-corrected chi connectivity index (χ3v) is 7.33. The molecule has 33 heavy (non-hydrogen) atoms. The van der Waals surface area contributed by atoms with Gasteiger partial charge < -0.3 is 26.7 Å². The van der Waals surface area contributed by atoms with E-state index < -0.39 is 40.6 Å². The summed E-state index contributed by atoms with van der Waals surface area (Å²) in [6.45, 7) is -0.425. The second kappa shape index (κ2) is 10.4. The minimum atomic E-state index is -4.01. The van der Waals surface area contributed by atoms with E-state index in [0.717, 1.165) is 16.9 Å². The van der Waals surface area contributed by atoms with E-state index in [-0.39, 0.29) is 16.6 Å². The van der Waals surface area contributed by atoms with Crippen LogP contribution in [0.15, 0.2) is 56.1 Å². The molecule has 0 unspecified atom stereocenters. The summed E-state index contributed by atoms with van der Waals surface area (Å²) < 4.78 is 26.5. The molecule has 0 fully saturated rings. The molecule has 3 rings (SSSR count). The van der Waals surface area contributed by atoms with Crippen molar-refractivity contribution in [1.29, 1.82) is 0 Å². The molecule has 1 aromatic carbocycles. The lowest BCUT2D eigenvalue weighted by Gasteiger charge is -2.15. The van der Waals surface area contributed by atoms with E-state index in [1.54, 1.807) is 29.6 Å². The van der Waals surface area contributed by atoms with Crippen LogP contribution < -0.4 is 21.5 Å². The Bertz CT molecular complexity index is 1160. The number of sulfonamides is 1. The maximum atomic E-state index is 12.3. The van der Waals surface area contributed by atoms with E-state index in [2.05, 4.69) is 20.2 Å². The Morgan fingerprint density at radius 2 is 2.00 bits per heavy atom. The molecular weight excluding hydrogens is 472 g/mol. The normalized spacial score (nSPS) is 16.4. The highest BCUT2D eigenvalue weighted by Crippen LogP contribution is 2.21. The summed E-state index contributed by atoms with van der Waals surface area (Å²) in [6, 6.07) is 8.32. The molecule has 1 amide bonds. The van der Waals surface area contributed by atoms with E-state index in [9.17, 15) is 23.1 Å². The topological polar surface area (TPSA) is 199 Å². The highest BCUT2D eigenvalue weighted by atomic mass is 32.2. The Morgan fingerprint density at radius 3 is 2.61 bits per heavy atom. The molecule has 0 spiro atoms. The Balaban J connectivity index is 1.49. The molecule has 0 saturated carbocycles. The monoisotopic (exact) mass is 494 g/mol. The third kappa shape index (κ3) is 6.74. The van der Waals surface area contributed by atoms with Gasteiger partial charge in [0.15, 0.2) is 5.96 Å². The summed E-state index contributed by atoms with van der Waals surface area (Å²) in [5, 5.41) is 17.3. The molecule has 176 valence electrons. The van der Waals surface area contributed by atoms with Crippen LogP contribution in [0.25, 0.3) is 0 Å². The number of oxime groups is 1.